The van der Waals surface area contributed by atoms with Gasteiger partial charge in [-0.2, -0.15) is 0 Å². The molecule has 0 bridgehead atoms. The van der Waals surface area contributed by atoms with E-state index in [1.54, 1.807) is 0 Å². The molecule has 24 heavy (non-hydrogen) atoms. The second-order valence-electron chi connectivity index (χ2n) is 8.80. The van der Waals surface area contributed by atoms with E-state index >= 15 is 0 Å². The maximum absolute atomic E-state index is 11.5. The van der Waals surface area contributed by atoms with Gasteiger partial charge in [0, 0.05) is 6.42 Å². The summed E-state index contributed by atoms with van der Waals surface area (Å²) in [6.45, 7) is 9.61. The molecule has 2 aliphatic rings. The SMILES string of the molecule is COC(=O)CC(C)CCC1(C)C(C)CCC2(C)C(CO)=CCCC21. The predicted octanol–water partition coefficient (Wildman–Crippen LogP) is 4.74. The highest BCUT2D eigenvalue weighted by atomic mass is 16.5. The molecule has 5 atom stereocenters. The van der Waals surface area contributed by atoms with Crippen molar-refractivity contribution in [3.63, 3.8) is 0 Å². The summed E-state index contributed by atoms with van der Waals surface area (Å²) in [6, 6.07) is 0. The molecule has 3 nitrogen and oxygen atoms in total. The van der Waals surface area contributed by atoms with Crippen LogP contribution >= 0.6 is 0 Å². The zero-order chi connectivity index (χ0) is 18.0. The number of hydrogen-bond acceptors (Lipinski definition) is 3. The molecule has 0 aromatic carbocycles. The van der Waals surface area contributed by atoms with E-state index in [-0.39, 0.29) is 23.4 Å². The molecule has 0 heterocycles. The number of carbonyl (C=O) groups excluding carboxylic acids is 1. The average Bonchev–Trinajstić information content (AvgIpc) is 2.56. The van der Waals surface area contributed by atoms with Gasteiger partial charge in [0.05, 0.1) is 13.7 Å². The van der Waals surface area contributed by atoms with Crippen LogP contribution in [0.25, 0.3) is 0 Å². The van der Waals surface area contributed by atoms with Crippen LogP contribution in [0.5, 0.6) is 0 Å². The molecule has 0 amide bonds. The number of carbonyl (C=O) groups is 1. The lowest BCUT2D eigenvalue weighted by Crippen LogP contribution is -2.50. The minimum absolute atomic E-state index is 0.0997. The molecule has 5 unspecified atom stereocenters. The molecule has 1 fully saturated rings. The molecule has 1 saturated carbocycles. The van der Waals surface area contributed by atoms with Gasteiger partial charge in [0.2, 0.25) is 0 Å². The third-order valence-electron chi connectivity index (χ3n) is 7.46. The van der Waals surface area contributed by atoms with Gasteiger partial charge in [0.1, 0.15) is 0 Å². The van der Waals surface area contributed by atoms with Gasteiger partial charge in [0.15, 0.2) is 0 Å². The van der Waals surface area contributed by atoms with E-state index in [1.165, 1.54) is 31.9 Å². The summed E-state index contributed by atoms with van der Waals surface area (Å²) in [7, 11) is 1.47. The molecular weight excluding hydrogens is 300 g/mol. The van der Waals surface area contributed by atoms with Crippen LogP contribution in [-0.2, 0) is 9.53 Å². The summed E-state index contributed by atoms with van der Waals surface area (Å²) in [5.41, 5.74) is 1.70. The fraction of sp³-hybridized carbons (Fsp3) is 0.857. The van der Waals surface area contributed by atoms with Crippen LogP contribution in [0.1, 0.15) is 72.6 Å². The van der Waals surface area contributed by atoms with Crippen molar-refractivity contribution in [1.82, 2.24) is 0 Å². The van der Waals surface area contributed by atoms with Crippen molar-refractivity contribution in [2.75, 3.05) is 13.7 Å². The lowest BCUT2D eigenvalue weighted by molar-refractivity contribution is -0.141. The molecular formula is C21H36O3. The van der Waals surface area contributed by atoms with Crippen molar-refractivity contribution in [2.24, 2.45) is 28.6 Å². The van der Waals surface area contributed by atoms with Crippen molar-refractivity contribution in [2.45, 2.75) is 72.6 Å². The number of hydrogen-bond donors (Lipinski definition) is 1. The maximum Gasteiger partial charge on any atom is 0.305 e. The minimum Gasteiger partial charge on any atom is -0.469 e. The van der Waals surface area contributed by atoms with E-state index in [4.69, 9.17) is 4.74 Å². The highest BCUT2D eigenvalue weighted by Crippen LogP contribution is 2.61. The normalized spacial score (nSPS) is 37.3. The van der Waals surface area contributed by atoms with Crippen molar-refractivity contribution in [3.8, 4) is 0 Å². The fourth-order valence-corrected chi connectivity index (χ4v) is 5.47. The molecule has 0 radical (unpaired) electrons. The fourth-order valence-electron chi connectivity index (χ4n) is 5.47. The first-order valence-corrected chi connectivity index (χ1v) is 9.65. The van der Waals surface area contributed by atoms with Crippen molar-refractivity contribution < 1.29 is 14.6 Å². The van der Waals surface area contributed by atoms with Gasteiger partial charge in [0.25, 0.3) is 0 Å². The third-order valence-corrected chi connectivity index (χ3v) is 7.46. The Hall–Kier alpha value is -0.830. The Morgan fingerprint density at radius 1 is 1.42 bits per heavy atom. The molecule has 2 rings (SSSR count). The number of methoxy groups -OCH3 is 1. The number of fused-ring (bicyclic) bond motifs is 1. The number of rotatable bonds is 6. The van der Waals surface area contributed by atoms with Crippen LogP contribution in [-0.4, -0.2) is 24.8 Å². The zero-order valence-corrected chi connectivity index (χ0v) is 16.2. The summed E-state index contributed by atoms with van der Waals surface area (Å²) in [6.07, 6.45) is 9.77. The van der Waals surface area contributed by atoms with Crippen molar-refractivity contribution in [3.05, 3.63) is 11.6 Å². The van der Waals surface area contributed by atoms with Gasteiger partial charge in [-0.25, -0.2) is 0 Å². The lowest BCUT2D eigenvalue weighted by Gasteiger charge is -2.58. The molecule has 0 aliphatic heterocycles. The summed E-state index contributed by atoms with van der Waals surface area (Å²) < 4.78 is 4.82. The number of aliphatic hydroxyl groups is 1. The van der Waals surface area contributed by atoms with Crippen LogP contribution in [0.15, 0.2) is 11.6 Å². The Morgan fingerprint density at radius 2 is 2.12 bits per heavy atom. The van der Waals surface area contributed by atoms with E-state index in [9.17, 15) is 9.90 Å². The summed E-state index contributed by atoms with van der Waals surface area (Å²) in [4.78, 5) is 11.5. The topological polar surface area (TPSA) is 46.5 Å². The Kier molecular flexibility index (Phi) is 6.17. The van der Waals surface area contributed by atoms with E-state index in [0.717, 1.165) is 19.3 Å². The van der Waals surface area contributed by atoms with Gasteiger partial charge in [-0.3, -0.25) is 4.79 Å². The first-order chi connectivity index (χ1) is 11.3. The third kappa shape index (κ3) is 3.56. The molecule has 138 valence electrons. The highest BCUT2D eigenvalue weighted by Gasteiger charge is 2.53. The van der Waals surface area contributed by atoms with E-state index in [2.05, 4.69) is 33.8 Å². The van der Waals surface area contributed by atoms with Gasteiger partial charge in [-0.1, -0.05) is 33.8 Å². The molecule has 0 aromatic rings. The largest absolute Gasteiger partial charge is 0.469 e. The molecule has 2 aliphatic carbocycles. The van der Waals surface area contributed by atoms with E-state index in [1.807, 2.05) is 0 Å². The molecule has 1 N–H and O–H groups in total. The van der Waals surface area contributed by atoms with E-state index < -0.39 is 0 Å². The number of allylic oxidation sites excluding steroid dienone is 1. The number of ether oxygens (including phenoxy) is 1. The first-order valence-electron chi connectivity index (χ1n) is 9.65. The number of esters is 1. The highest BCUT2D eigenvalue weighted by molar-refractivity contribution is 5.69. The first kappa shape index (κ1) is 19.5. The van der Waals surface area contributed by atoms with Gasteiger partial charge < -0.3 is 9.84 Å². The van der Waals surface area contributed by atoms with Crippen LogP contribution in [0.2, 0.25) is 0 Å². The minimum atomic E-state index is -0.0997. The van der Waals surface area contributed by atoms with Crippen LogP contribution in [0, 0.1) is 28.6 Å². The standard InChI is InChI=1S/C21H36O3/c1-15(13-19(23)24-5)9-11-20(3)16(2)10-12-21(4)17(14-22)7-6-8-18(20)21/h7,15-16,18,22H,6,8-14H2,1-5H3. The zero-order valence-electron chi connectivity index (χ0n) is 16.2. The van der Waals surface area contributed by atoms with Crippen LogP contribution in [0.4, 0.5) is 0 Å². The number of aliphatic hydroxyl groups excluding tert-OH is 1. The quantitative estimate of drug-likeness (QED) is 0.563. The maximum atomic E-state index is 11.5. The lowest BCUT2D eigenvalue weighted by atomic mass is 9.46. The molecule has 0 aromatic heterocycles. The second-order valence-corrected chi connectivity index (χ2v) is 8.80. The smallest absolute Gasteiger partial charge is 0.305 e. The Labute approximate surface area is 147 Å². The summed E-state index contributed by atoms with van der Waals surface area (Å²) in [5.74, 6) is 1.59. The van der Waals surface area contributed by atoms with Crippen molar-refractivity contribution >= 4 is 5.97 Å². The Balaban J connectivity index is 2.14. The predicted molar refractivity (Wildman–Crippen MR) is 97.5 cm³/mol. The Bertz CT molecular complexity index is 483. The van der Waals surface area contributed by atoms with Gasteiger partial charge in [-0.15, -0.1) is 0 Å². The van der Waals surface area contributed by atoms with Gasteiger partial charge >= 0.3 is 5.97 Å². The van der Waals surface area contributed by atoms with Crippen LogP contribution in [0.3, 0.4) is 0 Å². The molecule has 3 heteroatoms. The van der Waals surface area contributed by atoms with Crippen molar-refractivity contribution in [1.29, 1.82) is 0 Å². The van der Waals surface area contributed by atoms with Crippen LogP contribution < -0.4 is 0 Å². The molecule has 0 spiro atoms. The Morgan fingerprint density at radius 3 is 2.75 bits per heavy atom. The van der Waals surface area contributed by atoms with E-state index in [0.29, 0.717) is 24.2 Å². The summed E-state index contributed by atoms with van der Waals surface area (Å²) >= 11 is 0. The summed E-state index contributed by atoms with van der Waals surface area (Å²) in [5, 5.41) is 9.86. The average molecular weight is 337 g/mol. The monoisotopic (exact) mass is 336 g/mol. The second kappa shape index (κ2) is 7.59. The van der Waals surface area contributed by atoms with Gasteiger partial charge in [-0.05, 0) is 72.7 Å². The molecule has 0 saturated heterocycles.